The molecule has 1 aromatic heterocycles. The van der Waals surface area contributed by atoms with Crippen LogP contribution in [0.5, 0.6) is 0 Å². The lowest BCUT2D eigenvalue weighted by Crippen LogP contribution is -2.29. The molecule has 118 valence electrons. The second-order valence-electron chi connectivity index (χ2n) is 6.60. The van der Waals surface area contributed by atoms with Gasteiger partial charge in [-0.05, 0) is 28.7 Å². The molecule has 4 heteroatoms. The second kappa shape index (κ2) is 6.36. The molecule has 2 N–H and O–H groups in total. The maximum Gasteiger partial charge on any atom is 0.267 e. The standard InChI is InChI=1S/C18H24N2O2/c1-18(2,3)14-9-7-13(8-10-14)16(21)12-19-17(22)15-6-5-11-20(15)4/h5-11,16,21H,12H2,1-4H3,(H,19,22). The maximum absolute atomic E-state index is 12.0. The normalized spacial score (nSPS) is 13.0. The molecular formula is C18H24N2O2. The van der Waals surface area contributed by atoms with Crippen LogP contribution in [0, 0.1) is 0 Å². The van der Waals surface area contributed by atoms with Gasteiger partial charge in [0.05, 0.1) is 6.10 Å². The highest BCUT2D eigenvalue weighted by Gasteiger charge is 2.15. The number of aryl methyl sites for hydroxylation is 1. The maximum atomic E-state index is 12.0. The molecule has 4 nitrogen and oxygen atoms in total. The molecule has 0 aliphatic carbocycles. The van der Waals surface area contributed by atoms with Crippen LogP contribution in [0.1, 0.15) is 48.5 Å². The lowest BCUT2D eigenvalue weighted by atomic mass is 9.86. The first kappa shape index (κ1) is 16.3. The molecule has 1 amide bonds. The summed E-state index contributed by atoms with van der Waals surface area (Å²) in [5.41, 5.74) is 2.69. The molecular weight excluding hydrogens is 276 g/mol. The Morgan fingerprint density at radius 2 is 1.86 bits per heavy atom. The van der Waals surface area contributed by atoms with E-state index in [0.717, 1.165) is 5.56 Å². The molecule has 0 spiro atoms. The Kier molecular flexibility index (Phi) is 4.71. The van der Waals surface area contributed by atoms with Crippen molar-refractivity contribution in [2.24, 2.45) is 7.05 Å². The minimum absolute atomic E-state index is 0.0875. The molecule has 1 aromatic carbocycles. The Bertz CT molecular complexity index is 636. The number of carbonyl (C=O) groups excluding carboxylic acids is 1. The van der Waals surface area contributed by atoms with Crippen LogP contribution in [0.4, 0.5) is 0 Å². The van der Waals surface area contributed by atoms with E-state index in [1.54, 1.807) is 10.6 Å². The van der Waals surface area contributed by atoms with Gasteiger partial charge >= 0.3 is 0 Å². The van der Waals surface area contributed by atoms with Gasteiger partial charge in [0.2, 0.25) is 0 Å². The van der Waals surface area contributed by atoms with Gasteiger partial charge in [0, 0.05) is 19.8 Å². The summed E-state index contributed by atoms with van der Waals surface area (Å²) in [5.74, 6) is -0.183. The van der Waals surface area contributed by atoms with Crippen molar-refractivity contribution in [1.29, 1.82) is 0 Å². The monoisotopic (exact) mass is 300 g/mol. The first-order valence-electron chi connectivity index (χ1n) is 7.47. The Morgan fingerprint density at radius 1 is 1.23 bits per heavy atom. The van der Waals surface area contributed by atoms with Gasteiger partial charge in [-0.25, -0.2) is 0 Å². The summed E-state index contributed by atoms with van der Waals surface area (Å²) in [6, 6.07) is 11.4. The minimum atomic E-state index is -0.710. The fraction of sp³-hybridized carbons (Fsp3) is 0.389. The van der Waals surface area contributed by atoms with Gasteiger partial charge < -0.3 is 15.0 Å². The lowest BCUT2D eigenvalue weighted by Gasteiger charge is -2.20. The van der Waals surface area contributed by atoms with Gasteiger partial charge in [-0.2, -0.15) is 0 Å². The summed E-state index contributed by atoms with van der Waals surface area (Å²) in [6.07, 6.45) is 1.11. The molecule has 0 aliphatic rings. The molecule has 1 atom stereocenters. The third-order valence-electron chi connectivity index (χ3n) is 3.79. The number of nitrogens with one attached hydrogen (secondary N) is 1. The van der Waals surface area contributed by atoms with E-state index < -0.39 is 6.10 Å². The zero-order valence-corrected chi connectivity index (χ0v) is 13.6. The fourth-order valence-corrected chi connectivity index (χ4v) is 2.30. The molecule has 0 radical (unpaired) electrons. The topological polar surface area (TPSA) is 54.3 Å². The number of rotatable bonds is 4. The zero-order chi connectivity index (χ0) is 16.3. The first-order valence-corrected chi connectivity index (χ1v) is 7.47. The average molecular weight is 300 g/mol. The Hall–Kier alpha value is -2.07. The van der Waals surface area contributed by atoms with E-state index in [-0.39, 0.29) is 17.9 Å². The van der Waals surface area contributed by atoms with Crippen LogP contribution in [0.2, 0.25) is 0 Å². The zero-order valence-electron chi connectivity index (χ0n) is 13.6. The number of nitrogens with zero attached hydrogens (tertiary/aromatic N) is 1. The van der Waals surface area contributed by atoms with Gasteiger partial charge in [0.1, 0.15) is 5.69 Å². The smallest absolute Gasteiger partial charge is 0.267 e. The van der Waals surface area contributed by atoms with Crippen LogP contribution < -0.4 is 5.32 Å². The van der Waals surface area contributed by atoms with Crippen LogP contribution >= 0.6 is 0 Å². The SMILES string of the molecule is Cn1cccc1C(=O)NCC(O)c1ccc(C(C)(C)C)cc1. The summed E-state index contributed by atoms with van der Waals surface area (Å²) in [5, 5.41) is 13.0. The number of hydrogen-bond donors (Lipinski definition) is 2. The average Bonchev–Trinajstić information content (AvgIpc) is 2.90. The third kappa shape index (κ3) is 3.77. The van der Waals surface area contributed by atoms with Crippen molar-refractivity contribution in [3.63, 3.8) is 0 Å². The van der Waals surface area contributed by atoms with E-state index in [1.807, 2.05) is 43.6 Å². The first-order chi connectivity index (χ1) is 10.3. The molecule has 2 aromatic rings. The largest absolute Gasteiger partial charge is 0.387 e. The Morgan fingerprint density at radius 3 is 2.36 bits per heavy atom. The number of aliphatic hydroxyl groups is 1. The van der Waals surface area contributed by atoms with E-state index in [1.165, 1.54) is 5.56 Å². The van der Waals surface area contributed by atoms with Crippen LogP contribution in [0.25, 0.3) is 0 Å². The van der Waals surface area contributed by atoms with Crippen molar-refractivity contribution in [3.8, 4) is 0 Å². The molecule has 1 unspecified atom stereocenters. The van der Waals surface area contributed by atoms with Crippen LogP contribution in [0.3, 0.4) is 0 Å². The molecule has 22 heavy (non-hydrogen) atoms. The molecule has 0 saturated carbocycles. The number of hydrogen-bond acceptors (Lipinski definition) is 2. The van der Waals surface area contributed by atoms with Crippen molar-refractivity contribution in [3.05, 3.63) is 59.4 Å². The Balaban J connectivity index is 1.96. The molecule has 0 saturated heterocycles. The Labute approximate surface area is 131 Å². The van der Waals surface area contributed by atoms with Gasteiger partial charge in [-0.15, -0.1) is 0 Å². The predicted octanol–water partition coefficient (Wildman–Crippen LogP) is 2.79. The van der Waals surface area contributed by atoms with Crippen molar-refractivity contribution in [1.82, 2.24) is 9.88 Å². The van der Waals surface area contributed by atoms with E-state index >= 15 is 0 Å². The van der Waals surface area contributed by atoms with Crippen LogP contribution in [-0.4, -0.2) is 22.1 Å². The lowest BCUT2D eigenvalue weighted by molar-refractivity contribution is 0.0908. The summed E-state index contributed by atoms with van der Waals surface area (Å²) in [7, 11) is 1.82. The number of aromatic nitrogens is 1. The number of aliphatic hydroxyl groups excluding tert-OH is 1. The summed E-state index contributed by atoms with van der Waals surface area (Å²) in [6.45, 7) is 6.65. The van der Waals surface area contributed by atoms with E-state index in [0.29, 0.717) is 5.69 Å². The second-order valence-corrected chi connectivity index (χ2v) is 6.60. The van der Waals surface area contributed by atoms with Gasteiger partial charge in [0.15, 0.2) is 0 Å². The molecule has 0 aliphatic heterocycles. The van der Waals surface area contributed by atoms with Crippen molar-refractivity contribution < 1.29 is 9.90 Å². The molecule has 1 heterocycles. The number of amides is 1. The van der Waals surface area contributed by atoms with Crippen molar-refractivity contribution >= 4 is 5.91 Å². The predicted molar refractivity (Wildman–Crippen MR) is 87.8 cm³/mol. The van der Waals surface area contributed by atoms with Gasteiger partial charge in [-0.1, -0.05) is 45.0 Å². The molecule has 0 fully saturated rings. The summed E-state index contributed by atoms with van der Waals surface area (Å²) in [4.78, 5) is 12.0. The molecule has 0 bridgehead atoms. The highest BCUT2D eigenvalue weighted by Crippen LogP contribution is 2.23. The summed E-state index contributed by atoms with van der Waals surface area (Å²) >= 11 is 0. The van der Waals surface area contributed by atoms with Crippen LogP contribution in [-0.2, 0) is 12.5 Å². The van der Waals surface area contributed by atoms with E-state index in [9.17, 15) is 9.90 Å². The minimum Gasteiger partial charge on any atom is -0.387 e. The number of benzene rings is 1. The summed E-state index contributed by atoms with van der Waals surface area (Å²) < 4.78 is 1.75. The number of carbonyl (C=O) groups is 1. The van der Waals surface area contributed by atoms with Gasteiger partial charge in [-0.3, -0.25) is 4.79 Å². The fourth-order valence-electron chi connectivity index (χ4n) is 2.30. The molecule has 2 rings (SSSR count). The van der Waals surface area contributed by atoms with Gasteiger partial charge in [0.25, 0.3) is 5.91 Å². The van der Waals surface area contributed by atoms with E-state index in [2.05, 4.69) is 26.1 Å². The highest BCUT2D eigenvalue weighted by molar-refractivity contribution is 5.92. The van der Waals surface area contributed by atoms with Crippen molar-refractivity contribution in [2.45, 2.75) is 32.3 Å². The van der Waals surface area contributed by atoms with Crippen LogP contribution in [0.15, 0.2) is 42.6 Å². The highest BCUT2D eigenvalue weighted by atomic mass is 16.3. The quantitative estimate of drug-likeness (QED) is 0.912. The van der Waals surface area contributed by atoms with E-state index in [4.69, 9.17) is 0 Å². The third-order valence-corrected chi connectivity index (χ3v) is 3.79. The van der Waals surface area contributed by atoms with Crippen molar-refractivity contribution in [2.75, 3.05) is 6.54 Å².